The molecule has 7 heteroatoms. The van der Waals surface area contributed by atoms with E-state index in [9.17, 15) is 13.5 Å². The topological polar surface area (TPSA) is 86.7 Å². The van der Waals surface area contributed by atoms with E-state index in [1.165, 1.54) is 62.4 Å². The van der Waals surface area contributed by atoms with Crippen molar-refractivity contribution in [3.63, 3.8) is 0 Å². The van der Waals surface area contributed by atoms with E-state index in [1.807, 2.05) is 0 Å². The Morgan fingerprint density at radius 3 is 2.32 bits per heavy atom. The maximum absolute atomic E-state index is 12.0. The van der Waals surface area contributed by atoms with Gasteiger partial charge in [0.25, 0.3) is 10.1 Å². The van der Waals surface area contributed by atoms with Gasteiger partial charge in [-0.25, -0.2) is 0 Å². The van der Waals surface area contributed by atoms with Crippen LogP contribution in [0.5, 0.6) is 17.2 Å². The molecule has 148 valence electrons. The van der Waals surface area contributed by atoms with Gasteiger partial charge in [-0.3, -0.25) is 4.55 Å². The average molecular weight is 414 g/mol. The van der Waals surface area contributed by atoms with Crippen LogP contribution in [0.2, 0.25) is 0 Å². The van der Waals surface area contributed by atoms with E-state index in [2.05, 4.69) is 6.92 Å². The fourth-order valence-corrected chi connectivity index (χ4v) is 3.41. The van der Waals surface area contributed by atoms with E-state index in [4.69, 9.17) is 9.29 Å². The predicted molar refractivity (Wildman–Crippen MR) is 104 cm³/mol. The van der Waals surface area contributed by atoms with Gasteiger partial charge in [-0.05, 0) is 36.6 Å². The van der Waals surface area contributed by atoms with Crippen LogP contribution >= 0.6 is 0 Å². The van der Waals surface area contributed by atoms with Crippen molar-refractivity contribution in [2.75, 3.05) is 0 Å². The zero-order valence-corrected chi connectivity index (χ0v) is 19.5. The molecule has 0 saturated heterocycles. The number of rotatable bonds is 11. The van der Waals surface area contributed by atoms with Crippen molar-refractivity contribution in [1.29, 1.82) is 0 Å². The standard InChI is InChI=1S/C21H28O5S.Na/c1-2-3-4-5-6-7-8-10-17-13-14-20(22)21(15-17)26-18-11-9-12-19(16-18)27(23,24)25;/h9,11-16,22H,2-8,10H2,1H3,(H,23,24,25);/q;+1/p-1. The molecule has 0 aliphatic carbocycles. The fourth-order valence-electron chi connectivity index (χ4n) is 2.90. The van der Waals surface area contributed by atoms with Crippen LogP contribution < -0.4 is 39.4 Å². The number of benzene rings is 2. The van der Waals surface area contributed by atoms with E-state index in [0.29, 0.717) is 0 Å². The Morgan fingerprint density at radius 1 is 0.964 bits per heavy atom. The average Bonchev–Trinajstić information content (AvgIpc) is 2.63. The van der Waals surface area contributed by atoms with Gasteiger partial charge in [-0.15, -0.1) is 0 Å². The molecule has 1 N–H and O–H groups in total. The second-order valence-electron chi connectivity index (χ2n) is 6.70. The molecule has 0 radical (unpaired) electrons. The van der Waals surface area contributed by atoms with Crippen molar-refractivity contribution in [2.24, 2.45) is 0 Å². The molecule has 5 nitrogen and oxygen atoms in total. The van der Waals surface area contributed by atoms with Gasteiger partial charge in [0.05, 0.1) is 4.90 Å². The summed E-state index contributed by atoms with van der Waals surface area (Å²) in [6.07, 6.45) is 9.42. The normalized spacial score (nSPS) is 11.1. The Kier molecular flexibility index (Phi) is 11.2. The summed E-state index contributed by atoms with van der Waals surface area (Å²) in [5.41, 5.74) is 1.02. The summed E-state index contributed by atoms with van der Waals surface area (Å²) >= 11 is 0. The number of aryl methyl sites for hydroxylation is 1. The molecule has 0 bridgehead atoms. The third kappa shape index (κ3) is 8.53. The van der Waals surface area contributed by atoms with Crippen LogP contribution in [0.3, 0.4) is 0 Å². The van der Waals surface area contributed by atoms with Gasteiger partial charge < -0.3 is 9.84 Å². The van der Waals surface area contributed by atoms with E-state index in [0.717, 1.165) is 24.8 Å². The first kappa shape index (κ1) is 25.0. The SMILES string of the molecule is CCCCCCCCCc1ccc([O-])c(Oc2cccc(S(=O)(=O)O)c2)c1.[Na+]. The zero-order valence-electron chi connectivity index (χ0n) is 16.7. The molecule has 0 fully saturated rings. The molecule has 0 saturated carbocycles. The molecule has 0 aliphatic heterocycles. The Morgan fingerprint density at radius 2 is 1.64 bits per heavy atom. The summed E-state index contributed by atoms with van der Waals surface area (Å²) in [7, 11) is -4.32. The summed E-state index contributed by atoms with van der Waals surface area (Å²) in [5.74, 6) is 0.0776. The predicted octanol–water partition coefficient (Wildman–Crippen LogP) is 2.10. The molecule has 2 aromatic carbocycles. The molecule has 0 spiro atoms. The molecule has 28 heavy (non-hydrogen) atoms. The van der Waals surface area contributed by atoms with E-state index in [-0.39, 0.29) is 51.7 Å². The van der Waals surface area contributed by atoms with Gasteiger partial charge >= 0.3 is 29.6 Å². The largest absolute Gasteiger partial charge is 1.00 e. The van der Waals surface area contributed by atoms with Crippen LogP contribution in [0.15, 0.2) is 47.4 Å². The smallest absolute Gasteiger partial charge is 0.870 e. The Labute approximate surface area is 190 Å². The number of unbranched alkanes of at least 4 members (excludes halogenated alkanes) is 6. The molecule has 0 atom stereocenters. The van der Waals surface area contributed by atoms with E-state index in [1.54, 1.807) is 12.1 Å². The summed E-state index contributed by atoms with van der Waals surface area (Å²) in [6.45, 7) is 2.21. The first-order valence-corrected chi connectivity index (χ1v) is 10.9. The maximum Gasteiger partial charge on any atom is 1.00 e. The first-order valence-electron chi connectivity index (χ1n) is 9.45. The third-order valence-corrected chi connectivity index (χ3v) is 5.26. The summed E-state index contributed by atoms with van der Waals surface area (Å²) in [4.78, 5) is -0.272. The van der Waals surface area contributed by atoms with Gasteiger partial charge in [0.15, 0.2) is 0 Å². The zero-order chi connectivity index (χ0) is 19.7. The van der Waals surface area contributed by atoms with Crippen molar-refractivity contribution >= 4 is 10.1 Å². The molecule has 0 amide bonds. The molecule has 0 aromatic heterocycles. The van der Waals surface area contributed by atoms with Crippen LogP contribution in [0.1, 0.15) is 57.4 Å². The van der Waals surface area contributed by atoms with E-state index < -0.39 is 10.1 Å². The van der Waals surface area contributed by atoms with Gasteiger partial charge in [0.1, 0.15) is 11.5 Å². The van der Waals surface area contributed by atoms with Gasteiger partial charge in [-0.1, -0.05) is 69.4 Å². The van der Waals surface area contributed by atoms with E-state index >= 15 is 0 Å². The minimum absolute atomic E-state index is 0. The monoisotopic (exact) mass is 414 g/mol. The van der Waals surface area contributed by atoms with Crippen LogP contribution in [0.25, 0.3) is 0 Å². The van der Waals surface area contributed by atoms with Crippen molar-refractivity contribution in [3.8, 4) is 17.2 Å². The molecular weight excluding hydrogens is 387 g/mol. The maximum atomic E-state index is 12.0. The Bertz CT molecular complexity index is 836. The fraction of sp³-hybridized carbons (Fsp3) is 0.429. The summed E-state index contributed by atoms with van der Waals surface area (Å²) in [5, 5.41) is 12.0. The third-order valence-electron chi connectivity index (χ3n) is 4.41. The summed E-state index contributed by atoms with van der Waals surface area (Å²) < 4.78 is 37.1. The Balaban J connectivity index is 0.00000392. The summed E-state index contributed by atoms with van der Waals surface area (Å²) in [6, 6.07) is 10.4. The molecule has 0 unspecified atom stereocenters. The number of hydrogen-bond donors (Lipinski definition) is 1. The number of ether oxygens (including phenoxy) is 1. The van der Waals surface area contributed by atoms with Crippen LogP contribution in [0.4, 0.5) is 0 Å². The van der Waals surface area contributed by atoms with Crippen LogP contribution in [0, 0.1) is 0 Å². The minimum Gasteiger partial charge on any atom is -0.870 e. The second kappa shape index (κ2) is 12.5. The van der Waals surface area contributed by atoms with Gasteiger partial charge in [0.2, 0.25) is 0 Å². The van der Waals surface area contributed by atoms with Crippen LogP contribution in [-0.4, -0.2) is 13.0 Å². The number of hydrogen-bond acceptors (Lipinski definition) is 4. The van der Waals surface area contributed by atoms with Gasteiger partial charge in [-0.2, -0.15) is 8.42 Å². The molecule has 2 aromatic rings. The molecule has 0 aliphatic rings. The molecule has 2 rings (SSSR count). The van der Waals surface area contributed by atoms with Crippen molar-refractivity contribution in [3.05, 3.63) is 48.0 Å². The second-order valence-corrected chi connectivity index (χ2v) is 8.13. The van der Waals surface area contributed by atoms with Crippen molar-refractivity contribution in [2.45, 2.75) is 63.2 Å². The quantitative estimate of drug-likeness (QED) is 0.346. The van der Waals surface area contributed by atoms with Crippen molar-refractivity contribution in [1.82, 2.24) is 0 Å². The van der Waals surface area contributed by atoms with Crippen LogP contribution in [-0.2, 0) is 16.5 Å². The molecular formula is C21H27NaO5S. The Hall–Kier alpha value is -1.05. The van der Waals surface area contributed by atoms with Gasteiger partial charge in [0, 0.05) is 6.07 Å². The molecule has 0 heterocycles. The van der Waals surface area contributed by atoms with Crippen molar-refractivity contribution < 1.29 is 52.4 Å². The minimum atomic E-state index is -4.32. The first-order chi connectivity index (χ1) is 12.9.